The maximum absolute atomic E-state index is 11.8. The summed E-state index contributed by atoms with van der Waals surface area (Å²) in [4.78, 5) is 22.7. The second kappa shape index (κ2) is 7.65. The normalized spacial score (nSPS) is 11.9. The van der Waals surface area contributed by atoms with Crippen molar-refractivity contribution in [1.29, 1.82) is 0 Å². The molecule has 1 rings (SSSR count). The summed E-state index contributed by atoms with van der Waals surface area (Å²) in [6.07, 6.45) is 1.26. The molecule has 0 heterocycles. The Labute approximate surface area is 119 Å². The van der Waals surface area contributed by atoms with Crippen LogP contribution in [0.3, 0.4) is 0 Å². The van der Waals surface area contributed by atoms with Gasteiger partial charge < -0.3 is 10.4 Å². The van der Waals surface area contributed by atoms with E-state index in [2.05, 4.69) is 10.6 Å². The molecule has 0 saturated carbocycles. The molecule has 5 nitrogen and oxygen atoms in total. The highest BCUT2D eigenvalue weighted by molar-refractivity contribution is 5.92. The first-order chi connectivity index (χ1) is 9.43. The van der Waals surface area contributed by atoms with E-state index in [0.717, 1.165) is 23.2 Å². The quantitative estimate of drug-likeness (QED) is 0.713. The number of aliphatic carboxylic acids is 1. The number of nitrogens with one attached hydrogen (secondary N) is 2. The minimum absolute atomic E-state index is 0.0100. The molecule has 0 aromatic heterocycles. The van der Waals surface area contributed by atoms with Gasteiger partial charge in [-0.3, -0.25) is 14.9 Å². The van der Waals surface area contributed by atoms with Gasteiger partial charge in [-0.25, -0.2) is 0 Å². The van der Waals surface area contributed by atoms with Crippen molar-refractivity contribution in [2.24, 2.45) is 0 Å². The van der Waals surface area contributed by atoms with Gasteiger partial charge in [0.15, 0.2) is 0 Å². The molecule has 1 aromatic carbocycles. The van der Waals surface area contributed by atoms with Crippen LogP contribution in [-0.2, 0) is 9.59 Å². The average Bonchev–Trinajstić information content (AvgIpc) is 2.38. The second-order valence-electron chi connectivity index (χ2n) is 4.91. The van der Waals surface area contributed by atoms with E-state index in [0.29, 0.717) is 6.42 Å². The Kier molecular flexibility index (Phi) is 6.18. The highest BCUT2D eigenvalue weighted by atomic mass is 16.4. The molecule has 1 amide bonds. The summed E-state index contributed by atoms with van der Waals surface area (Å²) >= 11 is 0. The van der Waals surface area contributed by atoms with Crippen LogP contribution < -0.4 is 10.6 Å². The summed E-state index contributed by atoms with van der Waals surface area (Å²) in [5.41, 5.74) is 2.99. The van der Waals surface area contributed by atoms with Gasteiger partial charge in [0.05, 0.1) is 6.54 Å². The first-order valence-electron chi connectivity index (χ1n) is 6.77. The van der Waals surface area contributed by atoms with Gasteiger partial charge in [0.25, 0.3) is 0 Å². The fourth-order valence-electron chi connectivity index (χ4n) is 1.84. The Morgan fingerprint density at radius 1 is 1.25 bits per heavy atom. The van der Waals surface area contributed by atoms with Crippen LogP contribution in [0.4, 0.5) is 5.69 Å². The fourth-order valence-corrected chi connectivity index (χ4v) is 1.84. The van der Waals surface area contributed by atoms with Crippen LogP contribution in [0.15, 0.2) is 18.2 Å². The Balaban J connectivity index is 2.50. The van der Waals surface area contributed by atoms with Crippen LogP contribution in [0.25, 0.3) is 0 Å². The Morgan fingerprint density at radius 2 is 1.95 bits per heavy atom. The highest BCUT2D eigenvalue weighted by Crippen LogP contribution is 2.13. The lowest BCUT2D eigenvalue weighted by Crippen LogP contribution is -2.41. The van der Waals surface area contributed by atoms with Gasteiger partial charge in [0, 0.05) is 5.69 Å². The van der Waals surface area contributed by atoms with E-state index in [9.17, 15) is 9.59 Å². The van der Waals surface area contributed by atoms with E-state index in [1.54, 1.807) is 0 Å². The smallest absolute Gasteiger partial charge is 0.320 e. The molecule has 1 aromatic rings. The highest BCUT2D eigenvalue weighted by Gasteiger charge is 2.16. The van der Waals surface area contributed by atoms with Gasteiger partial charge >= 0.3 is 5.97 Å². The van der Waals surface area contributed by atoms with Gasteiger partial charge in [-0.1, -0.05) is 19.4 Å². The minimum Gasteiger partial charge on any atom is -0.480 e. The van der Waals surface area contributed by atoms with E-state index in [1.807, 2.05) is 39.0 Å². The zero-order chi connectivity index (χ0) is 15.1. The molecular weight excluding hydrogens is 256 g/mol. The van der Waals surface area contributed by atoms with Gasteiger partial charge in [0.1, 0.15) is 6.04 Å². The zero-order valence-electron chi connectivity index (χ0n) is 12.2. The van der Waals surface area contributed by atoms with Crippen molar-refractivity contribution in [3.8, 4) is 0 Å². The van der Waals surface area contributed by atoms with E-state index in [4.69, 9.17) is 5.11 Å². The maximum atomic E-state index is 11.8. The van der Waals surface area contributed by atoms with Crippen molar-refractivity contribution in [3.05, 3.63) is 29.3 Å². The van der Waals surface area contributed by atoms with E-state index < -0.39 is 12.0 Å². The summed E-state index contributed by atoms with van der Waals surface area (Å²) in [5, 5.41) is 14.5. The summed E-state index contributed by atoms with van der Waals surface area (Å²) in [6, 6.07) is 5.00. The predicted octanol–water partition coefficient (Wildman–Crippen LogP) is 2.08. The Bertz CT molecular complexity index is 486. The fraction of sp³-hybridized carbons (Fsp3) is 0.467. The molecule has 1 atom stereocenters. The third kappa shape index (κ3) is 5.01. The average molecular weight is 278 g/mol. The topological polar surface area (TPSA) is 78.4 Å². The number of aryl methyl sites for hydroxylation is 2. The van der Waals surface area contributed by atoms with Crippen LogP contribution >= 0.6 is 0 Å². The van der Waals surface area contributed by atoms with Crippen molar-refractivity contribution < 1.29 is 14.7 Å². The molecule has 110 valence electrons. The number of benzene rings is 1. The third-order valence-electron chi connectivity index (χ3n) is 3.18. The number of carboxylic acid groups (broad SMARTS) is 1. The number of anilines is 1. The van der Waals surface area contributed by atoms with Crippen molar-refractivity contribution in [1.82, 2.24) is 5.32 Å². The predicted molar refractivity (Wildman–Crippen MR) is 78.9 cm³/mol. The zero-order valence-corrected chi connectivity index (χ0v) is 12.2. The second-order valence-corrected chi connectivity index (χ2v) is 4.91. The summed E-state index contributed by atoms with van der Waals surface area (Å²) in [7, 11) is 0. The van der Waals surface area contributed by atoms with Crippen LogP contribution in [0.1, 0.15) is 30.9 Å². The van der Waals surface area contributed by atoms with E-state index >= 15 is 0 Å². The van der Waals surface area contributed by atoms with Crippen LogP contribution in [-0.4, -0.2) is 29.6 Å². The molecule has 0 aliphatic heterocycles. The lowest BCUT2D eigenvalue weighted by atomic mass is 10.1. The molecule has 1 unspecified atom stereocenters. The SMILES string of the molecule is CCCC(NCC(=O)Nc1ccc(C)c(C)c1)C(=O)O. The standard InChI is InChI=1S/C15H22N2O3/c1-4-5-13(15(19)20)16-9-14(18)17-12-7-6-10(2)11(3)8-12/h6-8,13,16H,4-5,9H2,1-3H3,(H,17,18)(H,19,20). The third-order valence-corrected chi connectivity index (χ3v) is 3.18. The summed E-state index contributed by atoms with van der Waals surface area (Å²) < 4.78 is 0. The van der Waals surface area contributed by atoms with Crippen molar-refractivity contribution in [3.63, 3.8) is 0 Å². The van der Waals surface area contributed by atoms with Crippen LogP contribution in [0.2, 0.25) is 0 Å². The largest absolute Gasteiger partial charge is 0.480 e. The summed E-state index contributed by atoms with van der Waals surface area (Å²) in [6.45, 7) is 5.88. The number of carboxylic acids is 1. The number of rotatable bonds is 7. The van der Waals surface area contributed by atoms with Crippen molar-refractivity contribution in [2.45, 2.75) is 39.7 Å². The minimum atomic E-state index is -0.925. The molecule has 0 aliphatic rings. The number of hydrogen-bond acceptors (Lipinski definition) is 3. The molecule has 20 heavy (non-hydrogen) atoms. The van der Waals surface area contributed by atoms with E-state index in [-0.39, 0.29) is 12.5 Å². The Morgan fingerprint density at radius 3 is 2.50 bits per heavy atom. The molecule has 0 spiro atoms. The first-order valence-corrected chi connectivity index (χ1v) is 6.77. The van der Waals surface area contributed by atoms with Gasteiger partial charge in [-0.15, -0.1) is 0 Å². The summed E-state index contributed by atoms with van der Waals surface area (Å²) in [5.74, 6) is -1.17. The number of carbonyl (C=O) groups excluding carboxylic acids is 1. The van der Waals surface area contributed by atoms with E-state index in [1.165, 1.54) is 0 Å². The number of carbonyl (C=O) groups is 2. The Hall–Kier alpha value is -1.88. The molecule has 0 radical (unpaired) electrons. The molecule has 3 N–H and O–H groups in total. The number of amides is 1. The molecular formula is C15H22N2O3. The maximum Gasteiger partial charge on any atom is 0.320 e. The molecule has 0 aliphatic carbocycles. The van der Waals surface area contributed by atoms with Crippen LogP contribution in [0, 0.1) is 13.8 Å². The molecule has 0 fully saturated rings. The van der Waals surface area contributed by atoms with Gasteiger partial charge in [0.2, 0.25) is 5.91 Å². The van der Waals surface area contributed by atoms with Crippen molar-refractivity contribution >= 4 is 17.6 Å². The van der Waals surface area contributed by atoms with Gasteiger partial charge in [-0.05, 0) is 43.5 Å². The molecule has 0 saturated heterocycles. The lowest BCUT2D eigenvalue weighted by Gasteiger charge is -2.13. The lowest BCUT2D eigenvalue weighted by molar-refractivity contribution is -0.139. The molecule has 0 bridgehead atoms. The van der Waals surface area contributed by atoms with Crippen LogP contribution in [0.5, 0.6) is 0 Å². The van der Waals surface area contributed by atoms with Crippen molar-refractivity contribution in [2.75, 3.05) is 11.9 Å². The molecule has 5 heteroatoms. The first kappa shape index (κ1) is 16.2. The monoisotopic (exact) mass is 278 g/mol. The number of hydrogen-bond donors (Lipinski definition) is 3. The van der Waals surface area contributed by atoms with Gasteiger partial charge in [-0.2, -0.15) is 0 Å².